The van der Waals surface area contributed by atoms with Crippen LogP contribution >= 0.6 is 35.0 Å². The largest absolute Gasteiger partial charge is 0.326 e. The van der Waals surface area contributed by atoms with Gasteiger partial charge in [0, 0.05) is 41.2 Å². The second-order valence-electron chi connectivity index (χ2n) is 6.69. The Labute approximate surface area is 189 Å². The molecule has 1 N–H and O–H groups in total. The normalized spacial score (nSPS) is 10.8. The molecule has 0 unspecified atom stereocenters. The SMILES string of the molecule is Cc1ccc(NC(=O)CCc2nnc(SCC(=O)c3ccc(Cl)cc3)n2C)cc1Cl. The van der Waals surface area contributed by atoms with Gasteiger partial charge in [-0.05, 0) is 48.9 Å². The topological polar surface area (TPSA) is 76.9 Å². The first-order chi connectivity index (χ1) is 14.3. The van der Waals surface area contributed by atoms with Crippen molar-refractivity contribution in [2.75, 3.05) is 11.1 Å². The zero-order chi connectivity index (χ0) is 21.7. The number of Topliss-reactive ketones (excluding diaryl/α,β-unsaturated/α-hetero) is 1. The maximum atomic E-state index is 12.3. The summed E-state index contributed by atoms with van der Waals surface area (Å²) in [6.07, 6.45) is 0.687. The van der Waals surface area contributed by atoms with Crippen molar-refractivity contribution in [2.45, 2.75) is 24.9 Å². The first-order valence-electron chi connectivity index (χ1n) is 9.19. The maximum Gasteiger partial charge on any atom is 0.224 e. The van der Waals surface area contributed by atoms with Gasteiger partial charge in [0.25, 0.3) is 0 Å². The van der Waals surface area contributed by atoms with E-state index in [9.17, 15) is 9.59 Å². The minimum Gasteiger partial charge on any atom is -0.326 e. The van der Waals surface area contributed by atoms with Crippen molar-refractivity contribution >= 4 is 52.3 Å². The van der Waals surface area contributed by atoms with Crippen molar-refractivity contribution in [3.8, 4) is 0 Å². The molecule has 0 bridgehead atoms. The van der Waals surface area contributed by atoms with Gasteiger partial charge in [-0.15, -0.1) is 10.2 Å². The number of aromatic nitrogens is 3. The summed E-state index contributed by atoms with van der Waals surface area (Å²) in [6, 6.07) is 12.2. The molecule has 0 aliphatic heterocycles. The number of nitrogens with zero attached hydrogens (tertiary/aromatic N) is 3. The number of carbonyl (C=O) groups is 2. The van der Waals surface area contributed by atoms with Crippen LogP contribution < -0.4 is 5.32 Å². The zero-order valence-corrected chi connectivity index (χ0v) is 18.8. The van der Waals surface area contributed by atoms with Crippen molar-refractivity contribution in [3.63, 3.8) is 0 Å². The summed E-state index contributed by atoms with van der Waals surface area (Å²) in [6.45, 7) is 1.90. The second-order valence-corrected chi connectivity index (χ2v) is 8.47. The summed E-state index contributed by atoms with van der Waals surface area (Å²) < 4.78 is 1.80. The molecular formula is C21H20Cl2N4O2S. The van der Waals surface area contributed by atoms with Crippen LogP contribution in [-0.4, -0.2) is 32.2 Å². The fraction of sp³-hybridized carbons (Fsp3) is 0.238. The van der Waals surface area contributed by atoms with Crippen LogP contribution in [0.4, 0.5) is 5.69 Å². The van der Waals surface area contributed by atoms with Crippen LogP contribution in [0.25, 0.3) is 0 Å². The summed E-state index contributed by atoms with van der Waals surface area (Å²) in [5.41, 5.74) is 2.21. The van der Waals surface area contributed by atoms with Crippen molar-refractivity contribution < 1.29 is 9.59 Å². The summed E-state index contributed by atoms with van der Waals surface area (Å²) in [5.74, 6) is 0.762. The van der Waals surface area contributed by atoms with Gasteiger partial charge in [0.15, 0.2) is 10.9 Å². The third-order valence-corrected chi connectivity index (χ3v) is 6.13. The molecule has 0 fully saturated rings. The molecule has 0 radical (unpaired) electrons. The van der Waals surface area contributed by atoms with Gasteiger partial charge in [0.1, 0.15) is 5.82 Å². The van der Waals surface area contributed by atoms with Crippen molar-refractivity contribution in [1.82, 2.24) is 14.8 Å². The first kappa shape index (κ1) is 22.3. The lowest BCUT2D eigenvalue weighted by atomic mass is 10.1. The number of thioether (sulfide) groups is 1. The lowest BCUT2D eigenvalue weighted by molar-refractivity contribution is -0.116. The Morgan fingerprint density at radius 3 is 2.53 bits per heavy atom. The smallest absolute Gasteiger partial charge is 0.224 e. The molecule has 0 aliphatic carbocycles. The van der Waals surface area contributed by atoms with Crippen molar-refractivity contribution in [2.24, 2.45) is 7.05 Å². The summed E-state index contributed by atoms with van der Waals surface area (Å²) in [5, 5.41) is 12.9. The Morgan fingerprint density at radius 2 is 1.83 bits per heavy atom. The number of hydrogen-bond acceptors (Lipinski definition) is 5. The monoisotopic (exact) mass is 462 g/mol. The van der Waals surface area contributed by atoms with E-state index in [0.29, 0.717) is 38.7 Å². The molecule has 9 heteroatoms. The third-order valence-electron chi connectivity index (χ3n) is 4.45. The lowest BCUT2D eigenvalue weighted by Crippen LogP contribution is -2.13. The van der Waals surface area contributed by atoms with Crippen LogP contribution in [0.1, 0.15) is 28.2 Å². The molecule has 6 nitrogen and oxygen atoms in total. The van der Waals surface area contributed by atoms with Crippen molar-refractivity contribution in [3.05, 3.63) is 69.5 Å². The van der Waals surface area contributed by atoms with Gasteiger partial charge < -0.3 is 9.88 Å². The van der Waals surface area contributed by atoms with E-state index in [1.165, 1.54) is 11.8 Å². The maximum absolute atomic E-state index is 12.3. The summed E-state index contributed by atoms with van der Waals surface area (Å²) in [7, 11) is 1.82. The number of ketones is 1. The van der Waals surface area contributed by atoms with Gasteiger partial charge in [-0.2, -0.15) is 0 Å². The predicted octanol–water partition coefficient (Wildman–Crippen LogP) is 4.98. The van der Waals surface area contributed by atoms with Crippen LogP contribution in [0.3, 0.4) is 0 Å². The third kappa shape index (κ3) is 5.84. The molecule has 1 heterocycles. The van der Waals surface area contributed by atoms with E-state index < -0.39 is 0 Å². The van der Waals surface area contributed by atoms with Gasteiger partial charge in [-0.1, -0.05) is 41.0 Å². The number of amides is 1. The van der Waals surface area contributed by atoms with Gasteiger partial charge in [0.2, 0.25) is 5.91 Å². The Bertz CT molecular complexity index is 1070. The minimum absolute atomic E-state index is 0.0163. The van der Waals surface area contributed by atoms with Crippen LogP contribution in [0.15, 0.2) is 47.6 Å². The Kier molecular flexibility index (Phi) is 7.53. The van der Waals surface area contributed by atoms with Crippen LogP contribution in [-0.2, 0) is 18.3 Å². The average molecular weight is 463 g/mol. The highest BCUT2D eigenvalue weighted by Crippen LogP contribution is 2.21. The van der Waals surface area contributed by atoms with E-state index in [-0.39, 0.29) is 23.9 Å². The van der Waals surface area contributed by atoms with Crippen molar-refractivity contribution in [1.29, 1.82) is 0 Å². The number of rotatable bonds is 8. The quantitative estimate of drug-likeness (QED) is 0.377. The Balaban J connectivity index is 1.52. The zero-order valence-electron chi connectivity index (χ0n) is 16.5. The second kappa shape index (κ2) is 10.1. The van der Waals surface area contributed by atoms with Crippen LogP contribution in [0.2, 0.25) is 10.0 Å². The minimum atomic E-state index is -0.134. The van der Waals surface area contributed by atoms with E-state index in [2.05, 4.69) is 15.5 Å². The van der Waals surface area contributed by atoms with Gasteiger partial charge >= 0.3 is 0 Å². The van der Waals surface area contributed by atoms with Crippen LogP contribution in [0.5, 0.6) is 0 Å². The predicted molar refractivity (Wildman–Crippen MR) is 121 cm³/mol. The number of hydrogen-bond donors (Lipinski definition) is 1. The number of aryl methyl sites for hydroxylation is 2. The fourth-order valence-electron chi connectivity index (χ4n) is 2.66. The molecule has 30 heavy (non-hydrogen) atoms. The molecule has 0 saturated heterocycles. The van der Waals surface area contributed by atoms with E-state index in [4.69, 9.17) is 23.2 Å². The summed E-state index contributed by atoms with van der Waals surface area (Å²) >= 11 is 13.2. The standard InChI is InChI=1S/C21H20Cl2N4O2S/c1-13-3-8-16(11-17(13)23)24-20(29)10-9-19-25-26-21(27(19)2)30-12-18(28)14-4-6-15(22)7-5-14/h3-8,11H,9-10,12H2,1-2H3,(H,24,29). The summed E-state index contributed by atoms with van der Waals surface area (Å²) in [4.78, 5) is 24.5. The molecule has 1 amide bonds. The molecule has 0 aliphatic rings. The number of anilines is 1. The van der Waals surface area contributed by atoms with Gasteiger partial charge in [-0.3, -0.25) is 9.59 Å². The Morgan fingerprint density at radius 1 is 1.10 bits per heavy atom. The molecule has 0 atom stereocenters. The van der Waals surface area contributed by atoms with E-state index in [1.54, 1.807) is 34.9 Å². The average Bonchev–Trinajstić information content (AvgIpc) is 3.07. The molecule has 0 saturated carbocycles. The number of halogens is 2. The Hall–Kier alpha value is -2.35. The molecule has 0 spiro atoms. The first-order valence-corrected chi connectivity index (χ1v) is 10.9. The lowest BCUT2D eigenvalue weighted by Gasteiger charge is -2.07. The molecule has 2 aromatic carbocycles. The molecule has 1 aromatic heterocycles. The van der Waals surface area contributed by atoms with Crippen LogP contribution in [0, 0.1) is 6.92 Å². The molecular weight excluding hydrogens is 443 g/mol. The number of nitrogens with one attached hydrogen (secondary N) is 1. The van der Waals surface area contributed by atoms with E-state index in [0.717, 1.165) is 5.56 Å². The number of benzene rings is 2. The van der Waals surface area contributed by atoms with E-state index in [1.807, 2.05) is 26.1 Å². The van der Waals surface area contributed by atoms with Gasteiger partial charge in [0.05, 0.1) is 5.75 Å². The number of carbonyl (C=O) groups excluding carboxylic acids is 2. The highest BCUT2D eigenvalue weighted by atomic mass is 35.5. The van der Waals surface area contributed by atoms with Gasteiger partial charge in [-0.25, -0.2) is 0 Å². The highest BCUT2D eigenvalue weighted by molar-refractivity contribution is 7.99. The molecule has 3 aromatic rings. The molecule has 3 rings (SSSR count). The molecule has 156 valence electrons. The highest BCUT2D eigenvalue weighted by Gasteiger charge is 2.14. The fourth-order valence-corrected chi connectivity index (χ4v) is 3.79. The van der Waals surface area contributed by atoms with E-state index >= 15 is 0 Å².